The minimum atomic E-state index is -2.67. The van der Waals surface area contributed by atoms with Crippen LogP contribution in [0.5, 0.6) is 0 Å². The fraction of sp³-hybridized carbons (Fsp3) is 0.174. The number of nitrogens with two attached hydrogens (primary N) is 1. The molecule has 0 aliphatic heterocycles. The molecule has 6 heteroatoms. The van der Waals surface area contributed by atoms with Gasteiger partial charge in [0.25, 0.3) is 5.91 Å². The lowest BCUT2D eigenvalue weighted by Crippen LogP contribution is -2.13. The van der Waals surface area contributed by atoms with Crippen molar-refractivity contribution in [2.75, 3.05) is 24.3 Å². The maximum Gasteiger partial charge on any atom is 0.255 e. The van der Waals surface area contributed by atoms with Crippen LogP contribution >= 0.6 is 7.37 Å². The molecule has 29 heavy (non-hydrogen) atoms. The van der Waals surface area contributed by atoms with E-state index in [-0.39, 0.29) is 5.91 Å². The van der Waals surface area contributed by atoms with E-state index in [4.69, 9.17) is 10.3 Å². The molecule has 0 radical (unpaired) electrons. The van der Waals surface area contributed by atoms with Crippen molar-refractivity contribution in [3.8, 4) is 11.1 Å². The van der Waals surface area contributed by atoms with Gasteiger partial charge in [-0.25, -0.2) is 0 Å². The number of carbonyl (C=O) groups is 1. The van der Waals surface area contributed by atoms with Crippen LogP contribution in [0.4, 0.5) is 11.4 Å². The smallest absolute Gasteiger partial charge is 0.255 e. The molecule has 0 aromatic heterocycles. The lowest BCUT2D eigenvalue weighted by molar-refractivity contribution is 0.102. The Morgan fingerprint density at radius 2 is 1.69 bits per heavy atom. The molecule has 0 aliphatic rings. The normalized spacial score (nSPS) is 12.9. The molecule has 0 aliphatic carbocycles. The summed E-state index contributed by atoms with van der Waals surface area (Å²) in [5.74, 6) is -0.252. The van der Waals surface area contributed by atoms with Crippen molar-refractivity contribution in [2.45, 2.75) is 13.1 Å². The average Bonchev–Trinajstić information content (AvgIpc) is 2.70. The van der Waals surface area contributed by atoms with Gasteiger partial charge in [0.15, 0.2) is 0 Å². The zero-order valence-corrected chi connectivity index (χ0v) is 17.5. The predicted molar refractivity (Wildman–Crippen MR) is 120 cm³/mol. The second-order valence-electron chi connectivity index (χ2n) is 6.91. The number of nitrogens with one attached hydrogen (secondary N) is 1. The Hall–Kier alpha value is -2.88. The van der Waals surface area contributed by atoms with E-state index in [1.807, 2.05) is 49.4 Å². The third kappa shape index (κ3) is 5.57. The Kier molecular flexibility index (Phi) is 6.53. The van der Waals surface area contributed by atoms with Gasteiger partial charge in [0, 0.05) is 18.4 Å². The fourth-order valence-corrected chi connectivity index (χ4v) is 4.59. The number of anilines is 2. The first-order valence-electron chi connectivity index (χ1n) is 9.44. The average molecular weight is 408 g/mol. The van der Waals surface area contributed by atoms with Crippen LogP contribution in [0.25, 0.3) is 11.1 Å². The van der Waals surface area contributed by atoms with Crippen molar-refractivity contribution in [2.24, 2.45) is 0 Å². The number of hydrogen-bond donors (Lipinski definition) is 2. The summed E-state index contributed by atoms with van der Waals surface area (Å²) in [6.07, 6.45) is 0.342. The lowest BCUT2D eigenvalue weighted by atomic mass is 10.0. The first-order valence-corrected chi connectivity index (χ1v) is 11.7. The highest BCUT2D eigenvalue weighted by Gasteiger charge is 2.16. The van der Waals surface area contributed by atoms with Crippen LogP contribution in [0.1, 0.15) is 22.8 Å². The highest BCUT2D eigenvalue weighted by molar-refractivity contribution is 7.57. The highest BCUT2D eigenvalue weighted by Crippen LogP contribution is 2.46. The molecule has 0 saturated heterocycles. The molecule has 0 heterocycles. The Morgan fingerprint density at radius 3 is 2.34 bits per heavy atom. The Morgan fingerprint density at radius 1 is 1.00 bits per heavy atom. The third-order valence-corrected chi connectivity index (χ3v) is 6.24. The van der Waals surface area contributed by atoms with Gasteiger partial charge in [-0.1, -0.05) is 48.5 Å². The molecule has 0 fully saturated rings. The molecule has 0 saturated carbocycles. The van der Waals surface area contributed by atoms with Crippen molar-refractivity contribution < 1.29 is 13.9 Å². The molecular formula is C23H25N2O3P. The summed E-state index contributed by atoms with van der Waals surface area (Å²) in [4.78, 5) is 12.7. The minimum absolute atomic E-state index is 0.252. The topological polar surface area (TPSA) is 81.4 Å². The van der Waals surface area contributed by atoms with E-state index in [2.05, 4.69) is 5.32 Å². The van der Waals surface area contributed by atoms with Crippen LogP contribution in [-0.4, -0.2) is 19.2 Å². The van der Waals surface area contributed by atoms with Gasteiger partial charge in [0.2, 0.25) is 7.37 Å². The molecule has 3 aromatic carbocycles. The number of hydrogen-bond acceptors (Lipinski definition) is 4. The first kappa shape index (κ1) is 20.8. The number of rotatable bonds is 7. The molecule has 3 N–H and O–H groups in total. The molecule has 0 bridgehead atoms. The van der Waals surface area contributed by atoms with Crippen molar-refractivity contribution in [1.29, 1.82) is 0 Å². The van der Waals surface area contributed by atoms with Crippen molar-refractivity contribution in [3.63, 3.8) is 0 Å². The van der Waals surface area contributed by atoms with E-state index in [0.717, 1.165) is 16.7 Å². The molecule has 0 unspecified atom stereocenters. The SMILES string of the molecule is CCO[P@](C)(=O)Cc1ccc(C(=O)Nc2cc(-c3ccccc3)ccc2N)cc1. The summed E-state index contributed by atoms with van der Waals surface area (Å²) in [5.41, 5.74) is 10.5. The van der Waals surface area contributed by atoms with Crippen molar-refractivity contribution in [3.05, 3.63) is 83.9 Å². The summed E-state index contributed by atoms with van der Waals surface area (Å²) < 4.78 is 17.6. The zero-order chi connectivity index (χ0) is 20.9. The Bertz CT molecular complexity index is 1030. The Labute approximate surface area is 171 Å². The van der Waals surface area contributed by atoms with Crippen LogP contribution in [0.2, 0.25) is 0 Å². The number of nitrogen functional groups attached to an aromatic ring is 1. The standard InChI is InChI=1S/C23H25N2O3P/c1-3-28-29(2,27)16-17-9-11-19(12-10-17)23(26)25-22-15-20(13-14-21(22)24)18-7-5-4-6-8-18/h4-15H,3,16,24H2,1-2H3,(H,25,26)/t29-/m0/s1. The molecule has 1 atom stereocenters. The third-order valence-electron chi connectivity index (χ3n) is 4.50. The molecule has 3 rings (SSSR count). The van der Waals surface area contributed by atoms with Crippen LogP contribution < -0.4 is 11.1 Å². The Balaban J connectivity index is 1.74. The van der Waals surface area contributed by atoms with E-state index < -0.39 is 7.37 Å². The molecule has 1 amide bonds. The predicted octanol–water partition coefficient (Wildman–Crippen LogP) is 5.63. The molecule has 5 nitrogen and oxygen atoms in total. The van der Waals surface area contributed by atoms with Gasteiger partial charge in [0.1, 0.15) is 0 Å². The van der Waals surface area contributed by atoms with E-state index in [1.165, 1.54) is 0 Å². The van der Waals surface area contributed by atoms with Gasteiger partial charge in [-0.2, -0.15) is 0 Å². The largest absolute Gasteiger partial charge is 0.397 e. The summed E-state index contributed by atoms with van der Waals surface area (Å²) in [5, 5.41) is 2.88. The van der Waals surface area contributed by atoms with Crippen LogP contribution in [0.3, 0.4) is 0 Å². The summed E-state index contributed by atoms with van der Waals surface area (Å²) in [6.45, 7) is 3.86. The van der Waals surface area contributed by atoms with E-state index >= 15 is 0 Å². The van der Waals surface area contributed by atoms with Gasteiger partial charge < -0.3 is 15.6 Å². The van der Waals surface area contributed by atoms with Crippen LogP contribution in [0.15, 0.2) is 72.8 Å². The maximum absolute atomic E-state index is 12.7. The van der Waals surface area contributed by atoms with Crippen molar-refractivity contribution >= 4 is 24.7 Å². The molecule has 0 spiro atoms. The molecule has 150 valence electrons. The minimum Gasteiger partial charge on any atom is -0.397 e. The lowest BCUT2D eigenvalue weighted by Gasteiger charge is -2.13. The first-order chi connectivity index (χ1) is 13.9. The number of benzene rings is 3. The maximum atomic E-state index is 12.7. The van der Waals surface area contributed by atoms with Gasteiger partial charge in [0.05, 0.1) is 18.0 Å². The molecule has 3 aromatic rings. The quantitative estimate of drug-likeness (QED) is 0.392. The second-order valence-corrected chi connectivity index (χ2v) is 9.51. The highest BCUT2D eigenvalue weighted by atomic mass is 31.2. The summed E-state index contributed by atoms with van der Waals surface area (Å²) in [6, 6.07) is 22.5. The van der Waals surface area contributed by atoms with Crippen LogP contribution in [-0.2, 0) is 15.3 Å². The van der Waals surface area contributed by atoms with Crippen molar-refractivity contribution in [1.82, 2.24) is 0 Å². The fourth-order valence-electron chi connectivity index (χ4n) is 3.08. The summed E-state index contributed by atoms with van der Waals surface area (Å²) in [7, 11) is -2.67. The zero-order valence-electron chi connectivity index (χ0n) is 16.6. The second kappa shape index (κ2) is 9.08. The number of amides is 1. The summed E-state index contributed by atoms with van der Waals surface area (Å²) >= 11 is 0. The van der Waals surface area contributed by atoms with Gasteiger partial charge in [-0.15, -0.1) is 0 Å². The number of carbonyl (C=O) groups excluding carboxylic acids is 1. The van der Waals surface area contributed by atoms with Gasteiger partial charge in [-0.3, -0.25) is 9.36 Å². The van der Waals surface area contributed by atoms with Gasteiger partial charge >= 0.3 is 0 Å². The monoisotopic (exact) mass is 408 g/mol. The van der Waals surface area contributed by atoms with Gasteiger partial charge in [-0.05, 0) is 47.9 Å². The van der Waals surface area contributed by atoms with Crippen LogP contribution in [0, 0.1) is 0 Å². The van der Waals surface area contributed by atoms with E-state index in [1.54, 1.807) is 37.0 Å². The van der Waals surface area contributed by atoms with E-state index in [0.29, 0.717) is 29.7 Å². The molecular weight excluding hydrogens is 383 g/mol. The van der Waals surface area contributed by atoms with E-state index in [9.17, 15) is 9.36 Å².